The lowest BCUT2D eigenvalue weighted by Crippen LogP contribution is -2.10. The minimum atomic E-state index is -0.390. The highest BCUT2D eigenvalue weighted by Crippen LogP contribution is 2.25. The van der Waals surface area contributed by atoms with Crippen molar-refractivity contribution < 1.29 is 18.7 Å². The zero-order valence-electron chi connectivity index (χ0n) is 13.8. The van der Waals surface area contributed by atoms with Crippen LogP contribution in [0.3, 0.4) is 0 Å². The monoisotopic (exact) mass is 391 g/mol. The second kappa shape index (κ2) is 8.17. The molecule has 0 saturated carbocycles. The lowest BCUT2D eigenvalue weighted by molar-refractivity contribution is 0.0992. The molecule has 0 atom stereocenters. The van der Waals surface area contributed by atoms with Gasteiger partial charge in [-0.1, -0.05) is 23.2 Å². The van der Waals surface area contributed by atoms with Gasteiger partial charge in [-0.25, -0.2) is 0 Å². The summed E-state index contributed by atoms with van der Waals surface area (Å²) in [5.41, 5.74) is 0.525. The van der Waals surface area contributed by atoms with Crippen LogP contribution in [0.4, 0.5) is 5.69 Å². The van der Waals surface area contributed by atoms with E-state index in [-0.39, 0.29) is 18.3 Å². The van der Waals surface area contributed by atoms with Crippen LogP contribution >= 0.6 is 23.2 Å². The first-order valence-electron chi connectivity index (χ1n) is 7.67. The van der Waals surface area contributed by atoms with Crippen molar-refractivity contribution in [3.05, 3.63) is 76.2 Å². The van der Waals surface area contributed by atoms with Gasteiger partial charge in [-0.3, -0.25) is 4.79 Å². The zero-order chi connectivity index (χ0) is 18.5. The van der Waals surface area contributed by atoms with Crippen molar-refractivity contribution in [1.82, 2.24) is 0 Å². The maximum Gasteiger partial charge on any atom is 0.291 e. The summed E-state index contributed by atoms with van der Waals surface area (Å²) in [7, 11) is 1.60. The summed E-state index contributed by atoms with van der Waals surface area (Å²) in [4.78, 5) is 12.2. The number of amides is 1. The third-order valence-corrected chi connectivity index (χ3v) is 4.24. The van der Waals surface area contributed by atoms with Crippen LogP contribution < -0.4 is 14.8 Å². The normalized spacial score (nSPS) is 10.4. The van der Waals surface area contributed by atoms with E-state index >= 15 is 0 Å². The van der Waals surface area contributed by atoms with Gasteiger partial charge < -0.3 is 19.2 Å². The molecule has 0 saturated heterocycles. The first-order valence-corrected chi connectivity index (χ1v) is 8.43. The van der Waals surface area contributed by atoms with Gasteiger partial charge in [-0.05, 0) is 54.6 Å². The Morgan fingerprint density at radius 2 is 1.73 bits per heavy atom. The van der Waals surface area contributed by atoms with Gasteiger partial charge in [0.1, 0.15) is 23.9 Å². The van der Waals surface area contributed by atoms with E-state index in [4.69, 9.17) is 37.1 Å². The van der Waals surface area contributed by atoms with Gasteiger partial charge in [0.05, 0.1) is 17.2 Å². The molecule has 0 fully saturated rings. The molecule has 0 aliphatic rings. The molecule has 1 amide bonds. The molecule has 5 nitrogen and oxygen atoms in total. The average molecular weight is 392 g/mol. The number of benzene rings is 2. The van der Waals surface area contributed by atoms with Gasteiger partial charge in [0.25, 0.3) is 5.91 Å². The zero-order valence-corrected chi connectivity index (χ0v) is 15.3. The maximum atomic E-state index is 12.2. The van der Waals surface area contributed by atoms with Crippen molar-refractivity contribution in [2.24, 2.45) is 0 Å². The fourth-order valence-electron chi connectivity index (χ4n) is 2.17. The predicted molar refractivity (Wildman–Crippen MR) is 100 cm³/mol. The summed E-state index contributed by atoms with van der Waals surface area (Å²) in [6.07, 6.45) is 0. The maximum absolute atomic E-state index is 12.2. The molecule has 1 heterocycles. The van der Waals surface area contributed by atoms with Crippen LogP contribution in [0.25, 0.3) is 0 Å². The first kappa shape index (κ1) is 18.2. The molecular weight excluding hydrogens is 377 g/mol. The van der Waals surface area contributed by atoms with E-state index in [0.717, 1.165) is 5.75 Å². The van der Waals surface area contributed by atoms with E-state index < -0.39 is 0 Å². The van der Waals surface area contributed by atoms with Crippen LogP contribution in [0.15, 0.2) is 59.0 Å². The number of hydrogen-bond donors (Lipinski definition) is 1. The van der Waals surface area contributed by atoms with Crippen LogP contribution in [0.2, 0.25) is 10.0 Å². The molecule has 1 N–H and O–H groups in total. The third-order valence-electron chi connectivity index (χ3n) is 3.50. The standard InChI is InChI=1S/C19H15Cl2NO4/c1-24-13-3-5-14(6-4-13)25-11-15-7-9-18(26-15)19(23)22-12-2-8-16(20)17(21)10-12/h2-10H,11H2,1H3,(H,22,23). The van der Waals surface area contributed by atoms with Crippen LogP contribution in [0.5, 0.6) is 11.5 Å². The highest BCUT2D eigenvalue weighted by Gasteiger charge is 2.12. The van der Waals surface area contributed by atoms with Crippen LogP contribution in [0.1, 0.15) is 16.3 Å². The van der Waals surface area contributed by atoms with Gasteiger partial charge in [-0.2, -0.15) is 0 Å². The number of ether oxygens (including phenoxy) is 2. The quantitative estimate of drug-likeness (QED) is 0.608. The molecule has 0 aliphatic carbocycles. The number of anilines is 1. The number of furan rings is 1. The fraction of sp³-hybridized carbons (Fsp3) is 0.105. The number of rotatable bonds is 6. The SMILES string of the molecule is COc1ccc(OCc2ccc(C(=O)Nc3ccc(Cl)c(Cl)c3)o2)cc1. The number of carbonyl (C=O) groups excluding carboxylic acids is 1. The molecule has 3 aromatic rings. The van der Waals surface area contributed by atoms with Gasteiger partial charge in [-0.15, -0.1) is 0 Å². The van der Waals surface area contributed by atoms with E-state index in [1.807, 2.05) is 0 Å². The summed E-state index contributed by atoms with van der Waals surface area (Å²) < 4.78 is 16.2. The molecule has 2 aromatic carbocycles. The molecule has 0 radical (unpaired) electrons. The van der Waals surface area contributed by atoms with Gasteiger partial charge >= 0.3 is 0 Å². The number of carbonyl (C=O) groups is 1. The van der Waals surface area contributed by atoms with Gasteiger partial charge in [0, 0.05) is 5.69 Å². The fourth-order valence-corrected chi connectivity index (χ4v) is 2.47. The topological polar surface area (TPSA) is 60.7 Å². The van der Waals surface area contributed by atoms with Crippen molar-refractivity contribution in [2.75, 3.05) is 12.4 Å². The summed E-state index contributed by atoms with van der Waals surface area (Å²) in [6, 6.07) is 15.3. The molecule has 0 bridgehead atoms. The number of hydrogen-bond acceptors (Lipinski definition) is 4. The van der Waals surface area contributed by atoms with E-state index in [2.05, 4.69) is 5.32 Å². The number of nitrogens with one attached hydrogen (secondary N) is 1. The Kier molecular flexibility index (Phi) is 5.71. The van der Waals surface area contributed by atoms with Crippen LogP contribution in [-0.2, 0) is 6.61 Å². The Morgan fingerprint density at radius 3 is 2.42 bits per heavy atom. The van der Waals surface area contributed by atoms with E-state index in [0.29, 0.717) is 27.2 Å². The average Bonchev–Trinajstić information content (AvgIpc) is 3.13. The van der Waals surface area contributed by atoms with Crippen molar-refractivity contribution >= 4 is 34.8 Å². The Morgan fingerprint density at radius 1 is 1.00 bits per heavy atom. The first-order chi connectivity index (χ1) is 12.5. The minimum absolute atomic E-state index is 0.171. The van der Waals surface area contributed by atoms with E-state index in [9.17, 15) is 4.79 Å². The smallest absolute Gasteiger partial charge is 0.291 e. The lowest BCUT2D eigenvalue weighted by Gasteiger charge is -2.06. The molecule has 0 spiro atoms. The minimum Gasteiger partial charge on any atom is -0.497 e. The van der Waals surface area contributed by atoms with Crippen molar-refractivity contribution in [2.45, 2.75) is 6.61 Å². The highest BCUT2D eigenvalue weighted by atomic mass is 35.5. The van der Waals surface area contributed by atoms with Crippen molar-refractivity contribution in [3.63, 3.8) is 0 Å². The molecule has 3 rings (SSSR count). The molecule has 1 aromatic heterocycles. The lowest BCUT2D eigenvalue weighted by atomic mass is 10.3. The van der Waals surface area contributed by atoms with Gasteiger partial charge in [0.15, 0.2) is 5.76 Å². The Bertz CT molecular complexity index is 906. The van der Waals surface area contributed by atoms with Crippen molar-refractivity contribution in [3.8, 4) is 11.5 Å². The summed E-state index contributed by atoms with van der Waals surface area (Å²) in [6.45, 7) is 0.201. The van der Waals surface area contributed by atoms with E-state index in [1.165, 1.54) is 0 Å². The molecule has 0 unspecified atom stereocenters. The largest absolute Gasteiger partial charge is 0.497 e. The molecule has 0 aliphatic heterocycles. The Labute approximate surface area is 160 Å². The number of halogens is 2. The molecular formula is C19H15Cl2NO4. The van der Waals surface area contributed by atoms with E-state index in [1.54, 1.807) is 61.7 Å². The second-order valence-corrected chi connectivity index (χ2v) is 6.13. The summed E-state index contributed by atoms with van der Waals surface area (Å²) in [5, 5.41) is 3.47. The predicted octanol–water partition coefficient (Wildman–Crippen LogP) is 5.43. The van der Waals surface area contributed by atoms with Crippen LogP contribution in [0, 0.1) is 0 Å². The molecule has 134 valence electrons. The van der Waals surface area contributed by atoms with Crippen LogP contribution in [-0.4, -0.2) is 13.0 Å². The summed E-state index contributed by atoms with van der Waals surface area (Å²) in [5.74, 6) is 1.73. The van der Waals surface area contributed by atoms with Crippen molar-refractivity contribution in [1.29, 1.82) is 0 Å². The molecule has 7 heteroatoms. The number of methoxy groups -OCH3 is 1. The van der Waals surface area contributed by atoms with Gasteiger partial charge in [0.2, 0.25) is 0 Å². The summed E-state index contributed by atoms with van der Waals surface area (Å²) >= 11 is 11.8. The highest BCUT2D eigenvalue weighted by molar-refractivity contribution is 6.42. The third kappa shape index (κ3) is 4.50. The molecule has 26 heavy (non-hydrogen) atoms. The Balaban J connectivity index is 1.59. The Hall–Kier alpha value is -2.63. The second-order valence-electron chi connectivity index (χ2n) is 5.31.